The molecule has 2 unspecified atom stereocenters. The molecule has 2 rings (SSSR count). The number of carbonyl (C=O) groups is 1. The van der Waals surface area contributed by atoms with Crippen LogP contribution in [0.5, 0.6) is 0 Å². The maximum absolute atomic E-state index is 11.6. The van der Waals surface area contributed by atoms with Crippen molar-refractivity contribution in [3.8, 4) is 0 Å². The summed E-state index contributed by atoms with van der Waals surface area (Å²) in [4.78, 5) is 13.2. The lowest BCUT2D eigenvalue weighted by molar-refractivity contribution is -0.134. The van der Waals surface area contributed by atoms with Crippen LogP contribution < -0.4 is 0 Å². The Morgan fingerprint density at radius 2 is 2.27 bits per heavy atom. The monoisotopic (exact) mass is 336 g/mol. The minimum absolute atomic E-state index is 0.133. The Morgan fingerprint density at radius 1 is 1.53 bits per heavy atom. The third-order valence-corrected chi connectivity index (χ3v) is 3.73. The smallest absolute Gasteiger partial charge is 0.343 e. The van der Waals surface area contributed by atoms with Gasteiger partial charge >= 0.3 is 5.97 Å². The van der Waals surface area contributed by atoms with E-state index in [4.69, 9.17) is 9.47 Å². The van der Waals surface area contributed by atoms with Gasteiger partial charge in [-0.25, -0.2) is 4.79 Å². The lowest BCUT2D eigenvalue weighted by Crippen LogP contribution is -2.15. The molecule has 0 aromatic heterocycles. The van der Waals surface area contributed by atoms with Crippen LogP contribution in [0.3, 0.4) is 0 Å². The summed E-state index contributed by atoms with van der Waals surface area (Å²) in [6, 6.07) is 0. The van der Waals surface area contributed by atoms with Crippen LogP contribution in [0.25, 0.3) is 0 Å². The summed E-state index contributed by atoms with van der Waals surface area (Å²) in [5.41, 5.74) is 0.602. The topological polar surface area (TPSA) is 35.5 Å². The van der Waals surface area contributed by atoms with E-state index in [0.717, 1.165) is 6.42 Å². The molecule has 0 radical (unpaired) electrons. The molecule has 0 saturated carbocycles. The zero-order valence-electron chi connectivity index (χ0n) is 8.13. The van der Waals surface area contributed by atoms with Gasteiger partial charge in [-0.05, 0) is 28.3 Å². The summed E-state index contributed by atoms with van der Waals surface area (Å²) in [6.45, 7) is 2.81. The van der Waals surface area contributed by atoms with E-state index in [1.165, 1.54) is 0 Å². The van der Waals surface area contributed by atoms with E-state index in [-0.39, 0.29) is 12.1 Å². The Bertz CT molecular complexity index is 360. The van der Waals surface area contributed by atoms with Crippen molar-refractivity contribution in [1.29, 1.82) is 0 Å². The predicted molar refractivity (Wildman–Crippen MR) is 62.6 cm³/mol. The van der Waals surface area contributed by atoms with Crippen molar-refractivity contribution in [3.05, 3.63) is 20.8 Å². The quantitative estimate of drug-likeness (QED) is 0.690. The van der Waals surface area contributed by atoms with Gasteiger partial charge in [0, 0.05) is 4.99 Å². The third kappa shape index (κ3) is 2.05. The van der Waals surface area contributed by atoms with Crippen LogP contribution in [0, 0.1) is 5.92 Å². The Morgan fingerprint density at radius 3 is 2.73 bits per heavy atom. The van der Waals surface area contributed by atoms with Crippen molar-refractivity contribution in [2.45, 2.75) is 19.4 Å². The predicted octanol–water partition coefficient (Wildman–Crippen LogP) is 2.85. The van der Waals surface area contributed by atoms with E-state index < -0.39 is 0 Å². The first-order chi connectivity index (χ1) is 7.13. The van der Waals surface area contributed by atoms with Crippen LogP contribution in [-0.2, 0) is 14.3 Å². The molecule has 3 nitrogen and oxygen atoms in total. The van der Waals surface area contributed by atoms with Gasteiger partial charge in [-0.1, -0.05) is 22.9 Å². The highest BCUT2D eigenvalue weighted by molar-refractivity contribution is 9.12. The fourth-order valence-electron chi connectivity index (χ4n) is 1.75. The van der Waals surface area contributed by atoms with E-state index in [1.807, 2.05) is 0 Å². The zero-order valence-corrected chi connectivity index (χ0v) is 11.3. The normalized spacial score (nSPS) is 34.1. The van der Waals surface area contributed by atoms with Crippen molar-refractivity contribution in [1.82, 2.24) is 0 Å². The van der Waals surface area contributed by atoms with Gasteiger partial charge < -0.3 is 9.47 Å². The largest absolute Gasteiger partial charge is 0.421 e. The van der Waals surface area contributed by atoms with Crippen LogP contribution in [0.4, 0.5) is 0 Å². The van der Waals surface area contributed by atoms with E-state index in [1.54, 1.807) is 4.99 Å². The van der Waals surface area contributed by atoms with E-state index in [2.05, 4.69) is 38.8 Å². The number of allylic oxidation sites excluding steroid dienone is 1. The molecule has 5 heteroatoms. The summed E-state index contributed by atoms with van der Waals surface area (Å²) < 4.78 is 11.3. The van der Waals surface area contributed by atoms with Crippen molar-refractivity contribution in [3.63, 3.8) is 0 Å². The van der Waals surface area contributed by atoms with Crippen molar-refractivity contribution in [2.24, 2.45) is 5.92 Å². The summed E-state index contributed by atoms with van der Waals surface area (Å²) in [5.74, 6) is 0.692. The molecular formula is C10H10Br2O3. The lowest BCUT2D eigenvalue weighted by Gasteiger charge is -2.07. The van der Waals surface area contributed by atoms with E-state index in [0.29, 0.717) is 28.3 Å². The number of hydrogen-bond donors (Lipinski definition) is 0. The van der Waals surface area contributed by atoms with Crippen LogP contribution in [-0.4, -0.2) is 18.7 Å². The molecule has 0 aromatic rings. The molecule has 0 bridgehead atoms. The number of halogens is 2. The molecule has 1 saturated heterocycles. The molecule has 15 heavy (non-hydrogen) atoms. The van der Waals surface area contributed by atoms with E-state index in [9.17, 15) is 4.79 Å². The molecule has 0 spiro atoms. The minimum Gasteiger partial charge on any atom is -0.421 e. The average molecular weight is 338 g/mol. The van der Waals surface area contributed by atoms with Gasteiger partial charge in [0.15, 0.2) is 5.76 Å². The summed E-state index contributed by atoms with van der Waals surface area (Å²) in [7, 11) is 0. The van der Waals surface area contributed by atoms with Gasteiger partial charge in [-0.3, -0.25) is 0 Å². The number of carbonyl (C=O) groups excluding carboxylic acids is 1. The number of rotatable bonds is 1. The molecule has 0 aromatic carbocycles. The molecule has 2 atom stereocenters. The van der Waals surface area contributed by atoms with Gasteiger partial charge in [-0.15, -0.1) is 0 Å². The van der Waals surface area contributed by atoms with Crippen molar-refractivity contribution < 1.29 is 14.3 Å². The Labute approximate surface area is 105 Å². The van der Waals surface area contributed by atoms with Crippen LogP contribution in [0.1, 0.15) is 13.3 Å². The molecule has 2 aliphatic heterocycles. The first kappa shape index (κ1) is 11.4. The van der Waals surface area contributed by atoms with Crippen molar-refractivity contribution in [2.75, 3.05) is 6.61 Å². The van der Waals surface area contributed by atoms with Gasteiger partial charge in [0.25, 0.3) is 0 Å². The second-order valence-corrected chi connectivity index (χ2v) is 5.00. The third-order valence-electron chi connectivity index (χ3n) is 2.49. The highest BCUT2D eigenvalue weighted by Gasteiger charge is 2.37. The maximum Gasteiger partial charge on any atom is 0.343 e. The Hall–Kier alpha value is -0.130. The second kappa shape index (κ2) is 4.39. The lowest BCUT2D eigenvalue weighted by atomic mass is 10.0. The van der Waals surface area contributed by atoms with E-state index >= 15 is 0 Å². The molecule has 0 aliphatic carbocycles. The number of esters is 1. The Balaban J connectivity index is 2.27. The molecule has 2 aliphatic rings. The molecule has 2 heterocycles. The minimum atomic E-state index is -0.313. The average Bonchev–Trinajstić information content (AvgIpc) is 2.71. The molecule has 0 N–H and O–H groups in total. The maximum atomic E-state index is 11.6. The molecular weight excluding hydrogens is 328 g/mol. The van der Waals surface area contributed by atoms with Gasteiger partial charge in [0.1, 0.15) is 0 Å². The van der Waals surface area contributed by atoms with Gasteiger partial charge in [-0.2, -0.15) is 0 Å². The zero-order chi connectivity index (χ0) is 11.0. The molecule has 0 amide bonds. The Kier molecular flexibility index (Phi) is 3.33. The van der Waals surface area contributed by atoms with Crippen molar-refractivity contribution >= 4 is 37.8 Å². The summed E-state index contributed by atoms with van der Waals surface area (Å²) in [5, 5.41) is 0. The van der Waals surface area contributed by atoms with Crippen LogP contribution in [0.15, 0.2) is 20.8 Å². The first-order valence-corrected chi connectivity index (χ1v) is 6.38. The second-order valence-electron chi connectivity index (χ2n) is 3.75. The number of hydrogen-bond acceptors (Lipinski definition) is 3. The van der Waals surface area contributed by atoms with Crippen LogP contribution >= 0.6 is 31.9 Å². The number of cyclic esters (lactones) is 1. The SMILES string of the molecule is CC1COC(C2=C(Br)C(=CBr)OC2=O)C1. The van der Waals surface area contributed by atoms with Crippen LogP contribution in [0.2, 0.25) is 0 Å². The highest BCUT2D eigenvalue weighted by Crippen LogP contribution is 2.37. The summed E-state index contributed by atoms with van der Waals surface area (Å²) >= 11 is 6.51. The van der Waals surface area contributed by atoms with Gasteiger partial charge in [0.05, 0.1) is 22.8 Å². The summed E-state index contributed by atoms with van der Waals surface area (Å²) in [6.07, 6.45) is 0.738. The fourth-order valence-corrected chi connectivity index (χ4v) is 2.99. The number of ether oxygens (including phenoxy) is 2. The first-order valence-electron chi connectivity index (χ1n) is 4.67. The van der Waals surface area contributed by atoms with Gasteiger partial charge in [0.2, 0.25) is 0 Å². The standard InChI is InChI=1S/C10H10Br2O3/c1-5-2-6(14-4-5)8-9(12)7(3-11)15-10(8)13/h3,5-6H,2,4H2,1H3. The molecule has 82 valence electrons. The highest BCUT2D eigenvalue weighted by atomic mass is 79.9. The fraction of sp³-hybridized carbons (Fsp3) is 0.500. The molecule has 1 fully saturated rings.